The first kappa shape index (κ1) is 18.5. The van der Waals surface area contributed by atoms with Crippen molar-refractivity contribution in [1.82, 2.24) is 15.5 Å². The molecule has 2 amide bonds. The number of hydrogen-bond donors (Lipinski definition) is 2. The molecule has 6 heteroatoms. The van der Waals surface area contributed by atoms with E-state index in [1.54, 1.807) is 0 Å². The number of fused-ring (bicyclic) bond motifs is 1. The first-order chi connectivity index (χ1) is 10.3. The maximum Gasteiger partial charge on any atom is 0.237 e. The molecule has 132 valence electrons. The molecule has 1 saturated carbocycles. The van der Waals surface area contributed by atoms with Crippen molar-refractivity contribution in [3.63, 3.8) is 0 Å². The van der Waals surface area contributed by atoms with Gasteiger partial charge in [-0.2, -0.15) is 0 Å². The fourth-order valence-corrected chi connectivity index (χ4v) is 4.28. The van der Waals surface area contributed by atoms with Crippen LogP contribution in [0.5, 0.6) is 0 Å². The van der Waals surface area contributed by atoms with Crippen LogP contribution >= 0.6 is 12.4 Å². The number of nitrogens with zero attached hydrogens (tertiary/aromatic N) is 1. The topological polar surface area (TPSA) is 61.4 Å². The lowest BCUT2D eigenvalue weighted by atomic mass is 9.85. The second-order valence-corrected chi connectivity index (χ2v) is 8.19. The average Bonchev–Trinajstić information content (AvgIpc) is 3.01. The lowest BCUT2D eigenvalue weighted by Gasteiger charge is -2.32. The summed E-state index contributed by atoms with van der Waals surface area (Å²) in [6.07, 6.45) is 6.42. The molecule has 4 atom stereocenters. The predicted octanol–water partition coefficient (Wildman–Crippen LogP) is 1.84. The normalized spacial score (nSPS) is 34.0. The fourth-order valence-electron chi connectivity index (χ4n) is 4.28. The zero-order chi connectivity index (χ0) is 15.9. The molecular weight excluding hydrogens is 314 g/mol. The van der Waals surface area contributed by atoms with Gasteiger partial charge in [0, 0.05) is 24.5 Å². The molecule has 2 aliphatic heterocycles. The summed E-state index contributed by atoms with van der Waals surface area (Å²) in [6.45, 7) is 6.75. The van der Waals surface area contributed by atoms with Crippen LogP contribution in [0.25, 0.3) is 0 Å². The molecule has 3 fully saturated rings. The van der Waals surface area contributed by atoms with Crippen LogP contribution < -0.4 is 10.6 Å². The molecule has 4 unspecified atom stereocenters. The summed E-state index contributed by atoms with van der Waals surface area (Å²) in [4.78, 5) is 26.5. The van der Waals surface area contributed by atoms with Crippen LogP contribution in [0, 0.1) is 5.92 Å². The molecule has 2 heterocycles. The highest BCUT2D eigenvalue weighted by Gasteiger charge is 2.41. The number of carbonyl (C=O) groups is 2. The third kappa shape index (κ3) is 4.00. The van der Waals surface area contributed by atoms with Crippen LogP contribution in [0.1, 0.15) is 59.3 Å². The zero-order valence-corrected chi connectivity index (χ0v) is 15.2. The summed E-state index contributed by atoms with van der Waals surface area (Å²) in [6, 6.07) is 0.427. The van der Waals surface area contributed by atoms with Gasteiger partial charge in [-0.25, -0.2) is 0 Å². The summed E-state index contributed by atoms with van der Waals surface area (Å²) in [5.74, 6) is 0.898. The minimum atomic E-state index is -0.170. The second-order valence-electron chi connectivity index (χ2n) is 8.19. The van der Waals surface area contributed by atoms with Crippen LogP contribution in [-0.2, 0) is 9.59 Å². The summed E-state index contributed by atoms with van der Waals surface area (Å²) in [5, 5.41) is 6.61. The molecule has 5 nitrogen and oxygen atoms in total. The van der Waals surface area contributed by atoms with Crippen LogP contribution in [0.2, 0.25) is 0 Å². The monoisotopic (exact) mass is 343 g/mol. The molecule has 2 N–H and O–H groups in total. The maximum absolute atomic E-state index is 12.5. The number of amides is 2. The number of nitrogens with one attached hydrogen (secondary N) is 2. The van der Waals surface area contributed by atoms with Crippen molar-refractivity contribution in [2.24, 2.45) is 5.92 Å². The second kappa shape index (κ2) is 6.98. The molecule has 0 aromatic rings. The molecule has 23 heavy (non-hydrogen) atoms. The Labute approximate surface area is 145 Å². The van der Waals surface area contributed by atoms with Gasteiger partial charge in [0.05, 0.1) is 12.1 Å². The quantitative estimate of drug-likeness (QED) is 0.804. The number of hydrogen-bond acceptors (Lipinski definition) is 3. The van der Waals surface area contributed by atoms with Crippen molar-refractivity contribution in [2.75, 3.05) is 6.54 Å². The van der Waals surface area contributed by atoms with Crippen LogP contribution in [0.4, 0.5) is 0 Å². The van der Waals surface area contributed by atoms with Gasteiger partial charge in [-0.1, -0.05) is 12.8 Å². The van der Waals surface area contributed by atoms with E-state index in [-0.39, 0.29) is 41.8 Å². The number of likely N-dealkylation sites (tertiary alicyclic amines) is 1. The van der Waals surface area contributed by atoms with Crippen molar-refractivity contribution >= 4 is 24.2 Å². The third-order valence-electron chi connectivity index (χ3n) is 5.46. The Balaban J connectivity index is 0.00000192. The maximum atomic E-state index is 12.5. The molecular formula is C17H30ClN3O2. The SMILES string of the molecule is CC(C)(C)N1CC(NC(=O)C2CC3CCCCC3N2)CC1=O.Cl. The highest BCUT2D eigenvalue weighted by molar-refractivity contribution is 5.85. The Hall–Kier alpha value is -0.810. The van der Waals surface area contributed by atoms with E-state index in [0.29, 0.717) is 24.9 Å². The Morgan fingerprint density at radius 1 is 1.26 bits per heavy atom. The van der Waals surface area contributed by atoms with Gasteiger partial charge in [-0.05, 0) is 46.0 Å². The summed E-state index contributed by atoms with van der Waals surface area (Å²) in [7, 11) is 0. The first-order valence-electron chi connectivity index (χ1n) is 8.71. The van der Waals surface area contributed by atoms with Gasteiger partial charge in [-0.3, -0.25) is 9.59 Å². The van der Waals surface area contributed by atoms with E-state index >= 15 is 0 Å². The van der Waals surface area contributed by atoms with E-state index in [4.69, 9.17) is 0 Å². The number of carbonyl (C=O) groups excluding carboxylic acids is 2. The molecule has 2 saturated heterocycles. The van der Waals surface area contributed by atoms with E-state index in [1.165, 1.54) is 25.7 Å². The molecule has 3 rings (SSSR count). The smallest absolute Gasteiger partial charge is 0.237 e. The van der Waals surface area contributed by atoms with Gasteiger partial charge in [0.2, 0.25) is 11.8 Å². The van der Waals surface area contributed by atoms with E-state index in [2.05, 4.69) is 10.6 Å². The predicted molar refractivity (Wildman–Crippen MR) is 92.5 cm³/mol. The minimum absolute atomic E-state index is 0. The number of halogens is 1. The van der Waals surface area contributed by atoms with Crippen molar-refractivity contribution in [2.45, 2.75) is 83.0 Å². The van der Waals surface area contributed by atoms with Gasteiger partial charge < -0.3 is 15.5 Å². The minimum Gasteiger partial charge on any atom is -0.350 e. The first-order valence-corrected chi connectivity index (χ1v) is 8.71. The van der Waals surface area contributed by atoms with Crippen LogP contribution in [0.3, 0.4) is 0 Å². The lowest BCUT2D eigenvalue weighted by Crippen LogP contribution is -2.48. The highest BCUT2D eigenvalue weighted by atomic mass is 35.5. The molecule has 1 aliphatic carbocycles. The van der Waals surface area contributed by atoms with Crippen molar-refractivity contribution in [1.29, 1.82) is 0 Å². The summed E-state index contributed by atoms with van der Waals surface area (Å²) in [5.41, 5.74) is -0.170. The van der Waals surface area contributed by atoms with Crippen molar-refractivity contribution in [3.8, 4) is 0 Å². The Bertz CT molecular complexity index is 449. The number of rotatable bonds is 2. The van der Waals surface area contributed by atoms with Gasteiger partial charge >= 0.3 is 0 Å². The molecule has 0 radical (unpaired) electrons. The van der Waals surface area contributed by atoms with Gasteiger partial charge in [0.15, 0.2) is 0 Å². The van der Waals surface area contributed by atoms with Crippen molar-refractivity contribution in [3.05, 3.63) is 0 Å². The van der Waals surface area contributed by atoms with Crippen LogP contribution in [0.15, 0.2) is 0 Å². The van der Waals surface area contributed by atoms with Gasteiger partial charge in [-0.15, -0.1) is 12.4 Å². The van der Waals surface area contributed by atoms with Gasteiger partial charge in [0.25, 0.3) is 0 Å². The van der Waals surface area contributed by atoms with Crippen molar-refractivity contribution < 1.29 is 9.59 Å². The van der Waals surface area contributed by atoms with E-state index in [9.17, 15) is 9.59 Å². The Morgan fingerprint density at radius 2 is 1.96 bits per heavy atom. The van der Waals surface area contributed by atoms with Gasteiger partial charge in [0.1, 0.15) is 0 Å². The Kier molecular flexibility index (Phi) is 5.62. The van der Waals surface area contributed by atoms with Crippen LogP contribution in [-0.4, -0.2) is 46.9 Å². The highest BCUT2D eigenvalue weighted by Crippen LogP contribution is 2.33. The lowest BCUT2D eigenvalue weighted by molar-refractivity contribution is -0.131. The third-order valence-corrected chi connectivity index (χ3v) is 5.46. The standard InChI is InChI=1S/C17H29N3O2.ClH/c1-17(2,3)20-10-12(9-15(20)21)18-16(22)14-8-11-6-4-5-7-13(11)19-14;/h11-14,19H,4-10H2,1-3H3,(H,18,22);1H. The summed E-state index contributed by atoms with van der Waals surface area (Å²) < 4.78 is 0. The van der Waals surface area contributed by atoms with E-state index in [1.807, 2.05) is 25.7 Å². The average molecular weight is 344 g/mol. The fraction of sp³-hybridized carbons (Fsp3) is 0.882. The zero-order valence-electron chi connectivity index (χ0n) is 14.4. The molecule has 0 aromatic heterocycles. The summed E-state index contributed by atoms with van der Waals surface area (Å²) >= 11 is 0. The Morgan fingerprint density at radius 3 is 2.57 bits per heavy atom. The molecule has 0 bridgehead atoms. The molecule has 0 aromatic carbocycles. The largest absolute Gasteiger partial charge is 0.350 e. The van der Waals surface area contributed by atoms with E-state index in [0.717, 1.165) is 6.42 Å². The molecule has 3 aliphatic rings. The molecule has 0 spiro atoms. The van der Waals surface area contributed by atoms with E-state index < -0.39 is 0 Å².